The number of aryl methyl sites for hydroxylation is 1. The number of halogens is 2. The second-order valence-electron chi connectivity index (χ2n) is 5.59. The summed E-state index contributed by atoms with van der Waals surface area (Å²) in [5.74, 6) is -0.0804. The Kier molecular flexibility index (Phi) is 6.74. The van der Waals surface area contributed by atoms with Gasteiger partial charge < -0.3 is 14.4 Å². The molecule has 0 saturated carbocycles. The summed E-state index contributed by atoms with van der Waals surface area (Å²) in [6, 6.07) is 10.4. The van der Waals surface area contributed by atoms with E-state index in [0.717, 1.165) is 5.56 Å². The lowest BCUT2D eigenvalue weighted by Gasteiger charge is -2.17. The molecule has 0 aliphatic carbocycles. The number of benzene rings is 2. The lowest BCUT2D eigenvalue weighted by Crippen LogP contribution is -2.31. The summed E-state index contributed by atoms with van der Waals surface area (Å²) in [6.45, 7) is 0.720. The van der Waals surface area contributed by atoms with E-state index >= 15 is 0 Å². The standard InChI is InChI=1S/C19H21F2NO3/c1-22(11-12-25-16-7-5-15(20)6-8-16)19(23)10-4-14-3-9-18(24-2)17(21)13-14/h3,5-9,13H,4,10-12H2,1-2H3. The van der Waals surface area contributed by atoms with Crippen LogP contribution in [0.15, 0.2) is 42.5 Å². The maximum absolute atomic E-state index is 13.6. The van der Waals surface area contributed by atoms with Crippen LogP contribution in [0.5, 0.6) is 11.5 Å². The van der Waals surface area contributed by atoms with Crippen LogP contribution in [0, 0.1) is 11.6 Å². The predicted octanol–water partition coefficient (Wildman–Crippen LogP) is 3.44. The van der Waals surface area contributed by atoms with E-state index < -0.39 is 5.82 Å². The van der Waals surface area contributed by atoms with Gasteiger partial charge >= 0.3 is 0 Å². The Morgan fingerprint density at radius 3 is 2.48 bits per heavy atom. The Hall–Kier alpha value is -2.63. The average Bonchev–Trinajstić information content (AvgIpc) is 2.61. The molecule has 0 aromatic heterocycles. The summed E-state index contributed by atoms with van der Waals surface area (Å²) in [5.41, 5.74) is 0.739. The van der Waals surface area contributed by atoms with Gasteiger partial charge in [0.2, 0.25) is 5.91 Å². The van der Waals surface area contributed by atoms with Gasteiger partial charge in [0.05, 0.1) is 13.7 Å². The van der Waals surface area contributed by atoms with Gasteiger partial charge in [0.1, 0.15) is 18.2 Å². The number of methoxy groups -OCH3 is 1. The van der Waals surface area contributed by atoms with Crippen molar-refractivity contribution in [3.05, 3.63) is 59.7 Å². The molecule has 0 heterocycles. The topological polar surface area (TPSA) is 38.8 Å². The van der Waals surface area contributed by atoms with Crippen LogP contribution in [-0.4, -0.2) is 38.1 Å². The number of nitrogens with zero attached hydrogens (tertiary/aromatic N) is 1. The number of carbonyl (C=O) groups is 1. The van der Waals surface area contributed by atoms with Crippen molar-refractivity contribution in [3.8, 4) is 11.5 Å². The van der Waals surface area contributed by atoms with Crippen LogP contribution in [0.2, 0.25) is 0 Å². The Labute approximate surface area is 146 Å². The number of amides is 1. The van der Waals surface area contributed by atoms with Gasteiger partial charge in [-0.15, -0.1) is 0 Å². The fourth-order valence-corrected chi connectivity index (χ4v) is 2.26. The maximum atomic E-state index is 13.6. The molecule has 25 heavy (non-hydrogen) atoms. The van der Waals surface area contributed by atoms with Gasteiger partial charge in [0, 0.05) is 13.5 Å². The van der Waals surface area contributed by atoms with E-state index in [0.29, 0.717) is 25.3 Å². The Balaban J connectivity index is 1.74. The number of hydrogen-bond acceptors (Lipinski definition) is 3. The first-order chi connectivity index (χ1) is 12.0. The smallest absolute Gasteiger partial charge is 0.222 e. The minimum Gasteiger partial charge on any atom is -0.494 e. The quantitative estimate of drug-likeness (QED) is 0.733. The summed E-state index contributed by atoms with van der Waals surface area (Å²) >= 11 is 0. The van der Waals surface area contributed by atoms with Gasteiger partial charge in [-0.3, -0.25) is 4.79 Å². The van der Waals surface area contributed by atoms with Crippen molar-refractivity contribution < 1.29 is 23.0 Å². The minimum atomic E-state index is -0.437. The van der Waals surface area contributed by atoms with Gasteiger partial charge in [-0.05, 0) is 48.4 Å². The van der Waals surface area contributed by atoms with Crippen LogP contribution >= 0.6 is 0 Å². The molecule has 0 spiro atoms. The highest BCUT2D eigenvalue weighted by molar-refractivity contribution is 5.76. The van der Waals surface area contributed by atoms with E-state index in [-0.39, 0.29) is 23.9 Å². The third-order valence-corrected chi connectivity index (χ3v) is 3.78. The molecule has 0 N–H and O–H groups in total. The largest absolute Gasteiger partial charge is 0.494 e. The van der Waals surface area contributed by atoms with Crippen molar-refractivity contribution in [2.45, 2.75) is 12.8 Å². The first kappa shape index (κ1) is 18.7. The molecule has 0 unspecified atom stereocenters. The van der Waals surface area contributed by atoms with E-state index in [1.165, 1.54) is 37.4 Å². The SMILES string of the molecule is COc1ccc(CCC(=O)N(C)CCOc2ccc(F)cc2)cc1F. The molecule has 134 valence electrons. The van der Waals surface area contributed by atoms with E-state index in [1.54, 1.807) is 24.1 Å². The predicted molar refractivity (Wildman–Crippen MR) is 90.8 cm³/mol. The zero-order valence-corrected chi connectivity index (χ0v) is 14.3. The highest BCUT2D eigenvalue weighted by Gasteiger charge is 2.10. The van der Waals surface area contributed by atoms with Gasteiger partial charge in [-0.1, -0.05) is 6.07 Å². The molecule has 6 heteroatoms. The molecule has 0 radical (unpaired) electrons. The Morgan fingerprint density at radius 1 is 1.12 bits per heavy atom. The zero-order chi connectivity index (χ0) is 18.2. The van der Waals surface area contributed by atoms with Gasteiger partial charge in [-0.25, -0.2) is 8.78 Å². The van der Waals surface area contributed by atoms with Crippen LogP contribution in [-0.2, 0) is 11.2 Å². The zero-order valence-electron chi connectivity index (χ0n) is 14.3. The maximum Gasteiger partial charge on any atom is 0.222 e. The number of hydrogen-bond donors (Lipinski definition) is 0. The molecule has 2 aromatic carbocycles. The molecule has 2 aromatic rings. The van der Waals surface area contributed by atoms with Crippen LogP contribution in [0.4, 0.5) is 8.78 Å². The van der Waals surface area contributed by atoms with Crippen molar-refractivity contribution in [1.82, 2.24) is 4.90 Å². The summed E-state index contributed by atoms with van der Waals surface area (Å²) in [4.78, 5) is 13.7. The molecule has 0 bridgehead atoms. The van der Waals surface area contributed by atoms with E-state index in [9.17, 15) is 13.6 Å². The summed E-state index contributed by atoms with van der Waals surface area (Å²) < 4.78 is 36.7. The molecular weight excluding hydrogens is 328 g/mol. The number of ether oxygens (including phenoxy) is 2. The lowest BCUT2D eigenvalue weighted by atomic mass is 10.1. The molecule has 4 nitrogen and oxygen atoms in total. The van der Waals surface area contributed by atoms with Crippen LogP contribution < -0.4 is 9.47 Å². The fourth-order valence-electron chi connectivity index (χ4n) is 2.26. The normalized spacial score (nSPS) is 10.4. The van der Waals surface area contributed by atoms with Gasteiger partial charge in [-0.2, -0.15) is 0 Å². The minimum absolute atomic E-state index is 0.0565. The molecule has 0 atom stereocenters. The van der Waals surface area contributed by atoms with Crippen LogP contribution in [0.3, 0.4) is 0 Å². The molecule has 0 fully saturated rings. The van der Waals surface area contributed by atoms with Crippen molar-refractivity contribution in [3.63, 3.8) is 0 Å². The van der Waals surface area contributed by atoms with Crippen LogP contribution in [0.25, 0.3) is 0 Å². The highest BCUT2D eigenvalue weighted by atomic mass is 19.1. The molecule has 0 saturated heterocycles. The fraction of sp³-hybridized carbons (Fsp3) is 0.316. The van der Waals surface area contributed by atoms with Gasteiger partial charge in [0.25, 0.3) is 0 Å². The first-order valence-corrected chi connectivity index (χ1v) is 7.94. The van der Waals surface area contributed by atoms with Crippen LogP contribution in [0.1, 0.15) is 12.0 Å². The molecular formula is C19H21F2NO3. The summed E-state index contributed by atoms with van der Waals surface area (Å²) in [6.07, 6.45) is 0.724. The van der Waals surface area contributed by atoms with E-state index in [1.807, 2.05) is 0 Å². The van der Waals surface area contributed by atoms with Gasteiger partial charge in [0.15, 0.2) is 11.6 Å². The second-order valence-corrected chi connectivity index (χ2v) is 5.59. The third-order valence-electron chi connectivity index (χ3n) is 3.78. The molecule has 0 aliphatic heterocycles. The van der Waals surface area contributed by atoms with Crippen molar-refractivity contribution in [2.24, 2.45) is 0 Å². The first-order valence-electron chi connectivity index (χ1n) is 7.94. The van der Waals surface area contributed by atoms with Crippen molar-refractivity contribution in [2.75, 3.05) is 27.3 Å². The lowest BCUT2D eigenvalue weighted by molar-refractivity contribution is -0.130. The summed E-state index contributed by atoms with van der Waals surface area (Å²) in [5, 5.41) is 0. The monoisotopic (exact) mass is 349 g/mol. The molecule has 0 aliphatic rings. The third kappa shape index (κ3) is 5.74. The van der Waals surface area contributed by atoms with E-state index in [4.69, 9.17) is 9.47 Å². The Bertz CT molecular complexity index is 704. The number of rotatable bonds is 8. The van der Waals surface area contributed by atoms with Crippen molar-refractivity contribution in [1.29, 1.82) is 0 Å². The molecule has 1 amide bonds. The Morgan fingerprint density at radius 2 is 1.84 bits per heavy atom. The average molecular weight is 349 g/mol. The van der Waals surface area contributed by atoms with E-state index in [2.05, 4.69) is 0 Å². The second kappa shape index (κ2) is 9.01. The number of carbonyl (C=O) groups excluding carboxylic acids is 1. The molecule has 2 rings (SSSR count). The highest BCUT2D eigenvalue weighted by Crippen LogP contribution is 2.18. The number of likely N-dealkylation sites (N-methyl/N-ethyl adjacent to an activating group) is 1. The summed E-state index contributed by atoms with van der Waals surface area (Å²) in [7, 11) is 3.09. The van der Waals surface area contributed by atoms with Crippen molar-refractivity contribution >= 4 is 5.91 Å².